The van der Waals surface area contributed by atoms with Crippen LogP contribution in [-0.2, 0) is 0 Å². The van der Waals surface area contributed by atoms with Crippen LogP contribution in [-0.4, -0.2) is 57.9 Å². The van der Waals surface area contributed by atoms with Gasteiger partial charge in [-0.1, -0.05) is 35.4 Å². The molecule has 0 spiro atoms. The molecule has 2 aromatic heterocycles. The zero-order chi connectivity index (χ0) is 24.5. The molecule has 0 aliphatic carbocycles. The molecule has 0 atom stereocenters. The van der Waals surface area contributed by atoms with Crippen LogP contribution < -0.4 is 16.0 Å². The van der Waals surface area contributed by atoms with Crippen molar-refractivity contribution in [1.29, 1.82) is 0 Å². The minimum Gasteiger partial charge on any atom is -0.368 e. The molecule has 1 saturated heterocycles. The fraction of sp³-hybridized carbons (Fsp3) is 0.269. The van der Waals surface area contributed by atoms with E-state index in [0.29, 0.717) is 10.8 Å². The Balaban J connectivity index is 1.48. The molecule has 9 heteroatoms. The summed E-state index contributed by atoms with van der Waals surface area (Å²) in [6.45, 7) is 7.97. The molecule has 5 rings (SSSR count). The predicted molar refractivity (Wildman–Crippen MR) is 143 cm³/mol. The van der Waals surface area contributed by atoms with E-state index in [0.717, 1.165) is 60.2 Å². The van der Waals surface area contributed by atoms with Gasteiger partial charge in [0.2, 0.25) is 5.95 Å². The van der Waals surface area contributed by atoms with E-state index in [2.05, 4.69) is 68.4 Å². The molecule has 3 N–H and O–H groups in total. The van der Waals surface area contributed by atoms with Crippen molar-refractivity contribution in [3.8, 4) is 16.8 Å². The Kier molecular flexibility index (Phi) is 6.32. The number of anilines is 4. The van der Waals surface area contributed by atoms with Crippen LogP contribution in [0.15, 0.2) is 54.7 Å². The first kappa shape index (κ1) is 23.1. The number of nitrogens with zero attached hydrogens (tertiary/aromatic N) is 6. The first-order valence-electron chi connectivity index (χ1n) is 11.6. The molecule has 1 fully saturated rings. The molecule has 180 valence electrons. The van der Waals surface area contributed by atoms with Gasteiger partial charge in [0.1, 0.15) is 11.6 Å². The maximum atomic E-state index is 6.76. The van der Waals surface area contributed by atoms with Gasteiger partial charge in [0.05, 0.1) is 22.1 Å². The molecule has 1 aliphatic rings. The summed E-state index contributed by atoms with van der Waals surface area (Å²) in [5, 5.41) is 8.79. The van der Waals surface area contributed by atoms with E-state index in [4.69, 9.17) is 17.3 Å². The number of nitrogens with two attached hydrogens (primary N) is 1. The van der Waals surface area contributed by atoms with Crippen LogP contribution in [0, 0.1) is 13.8 Å². The fourth-order valence-electron chi connectivity index (χ4n) is 4.27. The summed E-state index contributed by atoms with van der Waals surface area (Å²) in [5.74, 6) is 1.56. The highest BCUT2D eigenvalue weighted by Crippen LogP contribution is 2.35. The van der Waals surface area contributed by atoms with E-state index < -0.39 is 0 Å². The van der Waals surface area contributed by atoms with Crippen molar-refractivity contribution < 1.29 is 0 Å². The van der Waals surface area contributed by atoms with Gasteiger partial charge in [0, 0.05) is 44.0 Å². The molecular weight excluding hydrogens is 460 g/mol. The minimum absolute atomic E-state index is 0.189. The van der Waals surface area contributed by atoms with Gasteiger partial charge in [-0.05, 0) is 50.7 Å². The lowest BCUT2D eigenvalue weighted by molar-refractivity contribution is 0.313. The molecule has 0 bridgehead atoms. The molecule has 1 aliphatic heterocycles. The molecule has 8 nitrogen and oxygen atoms in total. The van der Waals surface area contributed by atoms with Gasteiger partial charge in [-0.2, -0.15) is 10.1 Å². The molecule has 4 aromatic rings. The molecule has 0 radical (unpaired) electrons. The fourth-order valence-corrected chi connectivity index (χ4v) is 4.57. The van der Waals surface area contributed by atoms with E-state index in [1.807, 2.05) is 35.9 Å². The number of likely N-dealkylation sites (N-methyl/N-ethyl adjacent to an activating group) is 1. The standard InChI is InChI=1S/C26H29ClN8/c1-17-4-7-20(8-5-17)35-24(14-18(2)32-35)30-25-21(16-29-26(28)31-25)19-6-9-23(22(27)15-19)34-12-10-33(3)11-13-34/h4-9,14-16H,10-13H2,1-3H3,(H3,28,29,30,31). The number of hydrogen-bond acceptors (Lipinski definition) is 7. The number of benzene rings is 2. The Morgan fingerprint density at radius 3 is 2.43 bits per heavy atom. The van der Waals surface area contributed by atoms with E-state index in [9.17, 15) is 0 Å². The van der Waals surface area contributed by atoms with E-state index in [1.165, 1.54) is 5.56 Å². The van der Waals surface area contributed by atoms with Crippen LogP contribution in [0.1, 0.15) is 11.3 Å². The van der Waals surface area contributed by atoms with Crippen molar-refractivity contribution in [3.63, 3.8) is 0 Å². The van der Waals surface area contributed by atoms with E-state index >= 15 is 0 Å². The van der Waals surface area contributed by atoms with Crippen molar-refractivity contribution >= 4 is 34.9 Å². The minimum atomic E-state index is 0.189. The first-order valence-corrected chi connectivity index (χ1v) is 12.0. The Morgan fingerprint density at radius 1 is 0.971 bits per heavy atom. The van der Waals surface area contributed by atoms with Gasteiger partial charge in [0.25, 0.3) is 0 Å². The summed E-state index contributed by atoms with van der Waals surface area (Å²) < 4.78 is 1.86. The monoisotopic (exact) mass is 488 g/mol. The number of aryl methyl sites for hydroxylation is 2. The highest BCUT2D eigenvalue weighted by Gasteiger charge is 2.19. The van der Waals surface area contributed by atoms with Gasteiger partial charge in [0.15, 0.2) is 0 Å². The Bertz CT molecular complexity index is 1340. The Hall–Kier alpha value is -3.62. The summed E-state index contributed by atoms with van der Waals surface area (Å²) in [5.41, 5.74) is 11.8. The zero-order valence-electron chi connectivity index (χ0n) is 20.2. The average Bonchev–Trinajstić information content (AvgIpc) is 3.20. The number of aromatic nitrogens is 4. The van der Waals surface area contributed by atoms with Crippen molar-refractivity contribution in [2.45, 2.75) is 13.8 Å². The average molecular weight is 489 g/mol. The van der Waals surface area contributed by atoms with Crippen LogP contribution in [0.2, 0.25) is 5.02 Å². The number of piperazine rings is 1. The quantitative estimate of drug-likeness (QED) is 0.421. The van der Waals surface area contributed by atoms with Crippen LogP contribution >= 0.6 is 11.6 Å². The van der Waals surface area contributed by atoms with Crippen molar-refractivity contribution in [1.82, 2.24) is 24.6 Å². The smallest absolute Gasteiger partial charge is 0.221 e. The number of rotatable bonds is 5. The van der Waals surface area contributed by atoms with Gasteiger partial charge in [-0.15, -0.1) is 0 Å². The lowest BCUT2D eigenvalue weighted by Gasteiger charge is -2.34. The molecule has 2 aromatic carbocycles. The summed E-state index contributed by atoms with van der Waals surface area (Å²) in [7, 11) is 2.14. The summed E-state index contributed by atoms with van der Waals surface area (Å²) in [4.78, 5) is 13.4. The molecular formula is C26H29ClN8. The topological polar surface area (TPSA) is 88.1 Å². The number of hydrogen-bond donors (Lipinski definition) is 2. The zero-order valence-corrected chi connectivity index (χ0v) is 20.9. The SMILES string of the molecule is Cc1ccc(-n2nc(C)cc2Nc2nc(N)ncc2-c2ccc(N3CCN(C)CC3)c(Cl)c2)cc1. The second-order valence-electron chi connectivity index (χ2n) is 8.99. The molecule has 35 heavy (non-hydrogen) atoms. The Morgan fingerprint density at radius 2 is 1.71 bits per heavy atom. The largest absolute Gasteiger partial charge is 0.368 e. The van der Waals surface area contributed by atoms with Crippen molar-refractivity contribution in [2.75, 3.05) is 49.2 Å². The van der Waals surface area contributed by atoms with Crippen molar-refractivity contribution in [3.05, 3.63) is 71.0 Å². The lowest BCUT2D eigenvalue weighted by Crippen LogP contribution is -2.44. The number of nitrogens with one attached hydrogen (secondary N) is 1. The second-order valence-corrected chi connectivity index (χ2v) is 9.40. The maximum Gasteiger partial charge on any atom is 0.221 e. The molecule has 3 heterocycles. The normalized spacial score (nSPS) is 14.3. The van der Waals surface area contributed by atoms with Crippen LogP contribution in [0.25, 0.3) is 16.8 Å². The second kappa shape index (κ2) is 9.56. The third-order valence-corrected chi connectivity index (χ3v) is 6.57. The lowest BCUT2D eigenvalue weighted by atomic mass is 10.1. The third-order valence-electron chi connectivity index (χ3n) is 6.27. The highest BCUT2D eigenvalue weighted by atomic mass is 35.5. The van der Waals surface area contributed by atoms with Gasteiger partial charge >= 0.3 is 0 Å². The number of halogens is 1. The predicted octanol–water partition coefficient (Wildman–Crippen LogP) is 4.68. The van der Waals surface area contributed by atoms with Crippen molar-refractivity contribution in [2.24, 2.45) is 0 Å². The number of nitrogen functional groups attached to an aromatic ring is 1. The maximum absolute atomic E-state index is 6.76. The van der Waals surface area contributed by atoms with E-state index in [1.54, 1.807) is 6.20 Å². The first-order chi connectivity index (χ1) is 16.9. The van der Waals surface area contributed by atoms with E-state index in [-0.39, 0.29) is 5.95 Å². The third kappa shape index (κ3) is 4.94. The summed E-state index contributed by atoms with van der Waals surface area (Å²) >= 11 is 6.76. The van der Waals surface area contributed by atoms with Crippen LogP contribution in [0.5, 0.6) is 0 Å². The molecule has 0 unspecified atom stereocenters. The van der Waals surface area contributed by atoms with Crippen LogP contribution in [0.3, 0.4) is 0 Å². The molecule has 0 amide bonds. The molecule has 0 saturated carbocycles. The Labute approximate surface area is 210 Å². The summed E-state index contributed by atoms with van der Waals surface area (Å²) in [6, 6.07) is 16.3. The van der Waals surface area contributed by atoms with Crippen LogP contribution in [0.4, 0.5) is 23.3 Å². The summed E-state index contributed by atoms with van der Waals surface area (Å²) in [6.07, 6.45) is 1.73. The van der Waals surface area contributed by atoms with Gasteiger partial charge in [-0.3, -0.25) is 0 Å². The highest BCUT2D eigenvalue weighted by molar-refractivity contribution is 6.33. The van der Waals surface area contributed by atoms with Gasteiger partial charge < -0.3 is 20.9 Å². The van der Waals surface area contributed by atoms with Gasteiger partial charge in [-0.25, -0.2) is 9.67 Å².